The third-order valence-corrected chi connectivity index (χ3v) is 6.54. The standard InChI is InChI=1S/C24H25F2N5O4/c1-24(7-4-5-8-24)22(15-13(26)10-12(25)11-28-15)30-17-16(20(33)21(17)34)29-14-6-9-27-18(19(14)32)23(35)31(2)3/h6,9-11,22,30,32H,4-5,7-8H2,1-3H3,(H,27,29)/t22-/m0/s1. The van der Waals surface area contributed by atoms with Gasteiger partial charge in [0.1, 0.15) is 23.0 Å². The van der Waals surface area contributed by atoms with Crippen LogP contribution in [0.15, 0.2) is 34.1 Å². The lowest BCUT2D eigenvalue weighted by molar-refractivity contribution is 0.0819. The highest BCUT2D eigenvalue weighted by Gasteiger charge is 2.41. The van der Waals surface area contributed by atoms with Crippen molar-refractivity contribution in [2.45, 2.75) is 38.6 Å². The molecule has 1 amide bonds. The lowest BCUT2D eigenvalue weighted by Gasteiger charge is -2.35. The first-order chi connectivity index (χ1) is 16.5. The fourth-order valence-corrected chi connectivity index (χ4v) is 4.53. The zero-order valence-electron chi connectivity index (χ0n) is 19.5. The predicted octanol–water partition coefficient (Wildman–Crippen LogP) is 3.24. The number of nitrogens with one attached hydrogen (secondary N) is 2. The van der Waals surface area contributed by atoms with Crippen LogP contribution in [0.25, 0.3) is 0 Å². The van der Waals surface area contributed by atoms with E-state index in [9.17, 15) is 28.3 Å². The molecule has 2 aromatic heterocycles. The van der Waals surface area contributed by atoms with Gasteiger partial charge in [-0.25, -0.2) is 13.8 Å². The van der Waals surface area contributed by atoms with Gasteiger partial charge in [0.05, 0.1) is 23.6 Å². The average Bonchev–Trinajstić information content (AvgIpc) is 3.26. The molecule has 4 rings (SSSR count). The largest absolute Gasteiger partial charge is 0.504 e. The van der Waals surface area contributed by atoms with Crippen molar-refractivity contribution in [1.82, 2.24) is 14.9 Å². The summed E-state index contributed by atoms with van der Waals surface area (Å²) in [5, 5.41) is 16.2. The second kappa shape index (κ2) is 9.05. The number of rotatable bonds is 7. The normalized spacial score (nSPS) is 15.7. The van der Waals surface area contributed by atoms with E-state index in [-0.39, 0.29) is 28.5 Å². The topological polar surface area (TPSA) is 125 Å². The molecule has 0 bridgehead atoms. The van der Waals surface area contributed by atoms with Gasteiger partial charge in [0.25, 0.3) is 16.8 Å². The first kappa shape index (κ1) is 24.2. The van der Waals surface area contributed by atoms with Crippen LogP contribution >= 0.6 is 0 Å². The maximum atomic E-state index is 14.8. The molecular formula is C24H25F2N5O4. The van der Waals surface area contributed by atoms with E-state index in [0.717, 1.165) is 25.1 Å². The minimum Gasteiger partial charge on any atom is -0.504 e. The highest BCUT2D eigenvalue weighted by molar-refractivity contribution is 5.97. The van der Waals surface area contributed by atoms with Crippen molar-refractivity contribution in [3.8, 4) is 5.75 Å². The number of nitrogens with zero attached hydrogens (tertiary/aromatic N) is 3. The van der Waals surface area contributed by atoms with Gasteiger partial charge < -0.3 is 20.6 Å². The first-order valence-corrected chi connectivity index (χ1v) is 11.1. The Bertz CT molecular complexity index is 1360. The molecule has 1 saturated carbocycles. The summed E-state index contributed by atoms with van der Waals surface area (Å²) in [5.74, 6) is -2.73. The molecule has 9 nitrogen and oxygen atoms in total. The van der Waals surface area contributed by atoms with Gasteiger partial charge in [0.15, 0.2) is 11.4 Å². The summed E-state index contributed by atoms with van der Waals surface area (Å²) in [6.45, 7) is 1.93. The van der Waals surface area contributed by atoms with E-state index in [1.54, 1.807) is 0 Å². The van der Waals surface area contributed by atoms with Crippen molar-refractivity contribution in [2.24, 2.45) is 5.41 Å². The Kier molecular flexibility index (Phi) is 6.27. The number of hydrogen-bond donors (Lipinski definition) is 3. The van der Waals surface area contributed by atoms with Gasteiger partial charge in [-0.3, -0.25) is 19.4 Å². The third kappa shape index (κ3) is 4.33. The monoisotopic (exact) mass is 485 g/mol. The first-order valence-electron chi connectivity index (χ1n) is 11.1. The molecule has 3 N–H and O–H groups in total. The fourth-order valence-electron chi connectivity index (χ4n) is 4.53. The van der Waals surface area contributed by atoms with Crippen molar-refractivity contribution in [1.29, 1.82) is 0 Å². The maximum Gasteiger partial charge on any atom is 0.275 e. The number of anilines is 3. The summed E-state index contributed by atoms with van der Waals surface area (Å²) in [5.41, 5.74) is -2.71. The van der Waals surface area contributed by atoms with Crippen molar-refractivity contribution in [3.05, 3.63) is 68.0 Å². The molecule has 1 aliphatic rings. The smallest absolute Gasteiger partial charge is 0.275 e. The summed E-state index contributed by atoms with van der Waals surface area (Å²) < 4.78 is 28.3. The number of aromatic nitrogens is 2. The van der Waals surface area contributed by atoms with Gasteiger partial charge in [-0.15, -0.1) is 0 Å². The molecule has 11 heteroatoms. The van der Waals surface area contributed by atoms with Crippen LogP contribution in [0.1, 0.15) is 54.8 Å². The second-order valence-corrected chi connectivity index (χ2v) is 9.25. The minimum absolute atomic E-state index is 0.00457. The number of pyridine rings is 2. The van der Waals surface area contributed by atoms with Gasteiger partial charge in [0.2, 0.25) is 0 Å². The molecule has 1 fully saturated rings. The van der Waals surface area contributed by atoms with Crippen molar-refractivity contribution >= 4 is 23.0 Å². The zero-order valence-corrected chi connectivity index (χ0v) is 19.5. The summed E-state index contributed by atoms with van der Waals surface area (Å²) >= 11 is 0. The average molecular weight is 485 g/mol. The van der Waals surface area contributed by atoms with E-state index in [1.807, 2.05) is 6.92 Å². The number of carbonyl (C=O) groups excluding carboxylic acids is 1. The molecule has 0 unspecified atom stereocenters. The number of amides is 1. The van der Waals surface area contributed by atoms with Gasteiger partial charge >= 0.3 is 0 Å². The summed E-state index contributed by atoms with van der Waals surface area (Å²) in [4.78, 5) is 46.3. The van der Waals surface area contributed by atoms with E-state index in [2.05, 4.69) is 20.6 Å². The number of carbonyl (C=O) groups is 1. The highest BCUT2D eigenvalue weighted by atomic mass is 19.1. The van der Waals surface area contributed by atoms with Gasteiger partial charge in [-0.2, -0.15) is 0 Å². The van der Waals surface area contributed by atoms with Crippen molar-refractivity contribution in [3.63, 3.8) is 0 Å². The zero-order chi connectivity index (χ0) is 25.5. The van der Waals surface area contributed by atoms with Crippen LogP contribution in [0.3, 0.4) is 0 Å². The maximum absolute atomic E-state index is 14.8. The molecule has 1 atom stereocenters. The van der Waals surface area contributed by atoms with Crippen LogP contribution < -0.4 is 21.5 Å². The van der Waals surface area contributed by atoms with Crippen LogP contribution in [0, 0.1) is 17.0 Å². The van der Waals surface area contributed by atoms with E-state index in [4.69, 9.17) is 0 Å². The Morgan fingerprint density at radius 3 is 2.43 bits per heavy atom. The molecule has 3 aromatic rings. The second-order valence-electron chi connectivity index (χ2n) is 9.25. The number of aromatic hydroxyl groups is 1. The highest BCUT2D eigenvalue weighted by Crippen LogP contribution is 2.49. The van der Waals surface area contributed by atoms with Crippen LogP contribution in [0.5, 0.6) is 5.75 Å². The molecule has 1 aliphatic carbocycles. The molecular weight excluding hydrogens is 460 g/mol. The van der Waals surface area contributed by atoms with Crippen LogP contribution in [-0.4, -0.2) is 40.0 Å². The molecule has 0 spiro atoms. The Morgan fingerprint density at radius 2 is 1.80 bits per heavy atom. The summed E-state index contributed by atoms with van der Waals surface area (Å²) in [6, 6.07) is 1.26. The van der Waals surface area contributed by atoms with E-state index in [1.165, 1.54) is 31.3 Å². The minimum atomic E-state index is -0.859. The number of halogens is 2. The molecule has 35 heavy (non-hydrogen) atoms. The van der Waals surface area contributed by atoms with Gasteiger partial charge in [-0.1, -0.05) is 19.8 Å². The lowest BCUT2D eigenvalue weighted by atomic mass is 9.78. The molecule has 0 aliphatic heterocycles. The quantitative estimate of drug-likeness (QED) is 0.436. The van der Waals surface area contributed by atoms with Gasteiger partial charge in [-0.05, 0) is 24.3 Å². The van der Waals surface area contributed by atoms with Crippen LogP contribution in [-0.2, 0) is 0 Å². The molecule has 184 valence electrons. The molecule has 0 saturated heterocycles. The lowest BCUT2D eigenvalue weighted by Crippen LogP contribution is -2.40. The Hall–Kier alpha value is -3.89. The fraction of sp³-hybridized carbons (Fsp3) is 0.375. The van der Waals surface area contributed by atoms with E-state index in [0.29, 0.717) is 12.8 Å². The number of hydrogen-bond acceptors (Lipinski definition) is 8. The van der Waals surface area contributed by atoms with Crippen molar-refractivity contribution in [2.75, 3.05) is 24.7 Å². The Morgan fingerprint density at radius 1 is 1.14 bits per heavy atom. The Labute approximate surface area is 199 Å². The van der Waals surface area contributed by atoms with E-state index < -0.39 is 45.6 Å². The third-order valence-electron chi connectivity index (χ3n) is 6.54. The SMILES string of the molecule is CN(C)C(=O)c1nccc(Nc2c(N[C@@H](c3ncc(F)cc3F)C3(C)CCCC3)c(=O)c2=O)c1O. The summed E-state index contributed by atoms with van der Waals surface area (Å²) in [7, 11) is 2.99. The summed E-state index contributed by atoms with van der Waals surface area (Å²) in [6.07, 6.45) is 5.39. The van der Waals surface area contributed by atoms with Crippen molar-refractivity contribution < 1.29 is 18.7 Å². The molecule has 1 aromatic carbocycles. The van der Waals surface area contributed by atoms with Crippen LogP contribution in [0.4, 0.5) is 25.8 Å². The van der Waals surface area contributed by atoms with Crippen LogP contribution in [0.2, 0.25) is 0 Å². The van der Waals surface area contributed by atoms with E-state index >= 15 is 0 Å². The molecule has 2 heterocycles. The Balaban J connectivity index is 1.71. The predicted molar refractivity (Wildman–Crippen MR) is 126 cm³/mol. The molecule has 0 radical (unpaired) electrons. The van der Waals surface area contributed by atoms with Gasteiger partial charge in [0, 0.05) is 26.4 Å².